The third-order valence-electron chi connectivity index (χ3n) is 3.73. The van der Waals surface area contributed by atoms with E-state index < -0.39 is 0 Å². The van der Waals surface area contributed by atoms with Crippen LogP contribution in [0, 0.1) is 0 Å². The molecule has 2 saturated heterocycles. The van der Waals surface area contributed by atoms with Crippen molar-refractivity contribution < 1.29 is 9.90 Å². The van der Waals surface area contributed by atoms with Crippen LogP contribution in [0.2, 0.25) is 0 Å². The largest absolute Gasteiger partial charge is 0.392 e. The number of nitrogens with zero attached hydrogens (tertiary/aromatic N) is 2. The van der Waals surface area contributed by atoms with Crippen molar-refractivity contribution in [2.75, 3.05) is 26.2 Å². The van der Waals surface area contributed by atoms with Crippen molar-refractivity contribution in [2.24, 2.45) is 0 Å². The van der Waals surface area contributed by atoms with Gasteiger partial charge in [0, 0.05) is 25.7 Å². The Morgan fingerprint density at radius 1 is 1.31 bits per heavy atom. The molecule has 0 aromatic rings. The first-order valence-corrected chi connectivity index (χ1v) is 6.36. The van der Waals surface area contributed by atoms with E-state index >= 15 is 0 Å². The Hall–Kier alpha value is -0.610. The lowest BCUT2D eigenvalue weighted by molar-refractivity contribution is -0.135. The van der Waals surface area contributed by atoms with Gasteiger partial charge >= 0.3 is 0 Å². The number of aliphatic hydroxyl groups excluding tert-OH is 1. The third-order valence-corrected chi connectivity index (χ3v) is 3.73. The van der Waals surface area contributed by atoms with Gasteiger partial charge in [0.05, 0.1) is 12.6 Å². The average Bonchev–Trinajstić information content (AvgIpc) is 2.64. The van der Waals surface area contributed by atoms with Crippen LogP contribution in [0.5, 0.6) is 0 Å². The minimum atomic E-state index is -0.230. The van der Waals surface area contributed by atoms with Gasteiger partial charge in [0.1, 0.15) is 0 Å². The summed E-state index contributed by atoms with van der Waals surface area (Å²) in [6, 6.07) is 0.397. The Bertz CT molecular complexity index is 257. The van der Waals surface area contributed by atoms with Crippen LogP contribution < -0.4 is 0 Å². The van der Waals surface area contributed by atoms with Gasteiger partial charge in [-0.05, 0) is 32.6 Å². The number of rotatable bonds is 2. The number of likely N-dealkylation sites (tertiary alicyclic amines) is 2. The van der Waals surface area contributed by atoms with Crippen molar-refractivity contribution in [3.63, 3.8) is 0 Å². The number of carbonyl (C=O) groups is 1. The summed E-state index contributed by atoms with van der Waals surface area (Å²) in [7, 11) is 0. The van der Waals surface area contributed by atoms with Crippen LogP contribution in [0.3, 0.4) is 0 Å². The van der Waals surface area contributed by atoms with Crippen LogP contribution in [-0.2, 0) is 4.79 Å². The summed E-state index contributed by atoms with van der Waals surface area (Å²) in [5, 5.41) is 9.41. The maximum atomic E-state index is 12.1. The van der Waals surface area contributed by atoms with E-state index in [0.29, 0.717) is 19.1 Å². The first-order chi connectivity index (χ1) is 7.66. The monoisotopic (exact) mass is 226 g/mol. The highest BCUT2D eigenvalue weighted by molar-refractivity contribution is 5.78. The molecule has 1 amide bonds. The number of aliphatic hydroxyl groups is 1. The predicted octanol–water partition coefficient (Wildman–Crippen LogP) is 0.454. The summed E-state index contributed by atoms with van der Waals surface area (Å²) in [6.45, 7) is 5.05. The van der Waals surface area contributed by atoms with Crippen molar-refractivity contribution >= 4 is 5.91 Å². The smallest absolute Gasteiger partial charge is 0.236 e. The molecular formula is C12H22N2O2. The van der Waals surface area contributed by atoms with Gasteiger partial charge in [-0.15, -0.1) is 0 Å². The second-order valence-electron chi connectivity index (χ2n) is 5.11. The molecule has 16 heavy (non-hydrogen) atoms. The SMILES string of the molecule is CC1CCCCN1C(=O)CN1CC[C@H](O)C1. The van der Waals surface area contributed by atoms with Crippen LogP contribution >= 0.6 is 0 Å². The van der Waals surface area contributed by atoms with E-state index in [0.717, 1.165) is 32.4 Å². The Labute approximate surface area is 97.2 Å². The molecule has 0 bridgehead atoms. The van der Waals surface area contributed by atoms with E-state index in [1.807, 2.05) is 4.90 Å². The first kappa shape index (κ1) is 11.9. The zero-order chi connectivity index (χ0) is 11.5. The Kier molecular flexibility index (Phi) is 3.82. The fourth-order valence-electron chi connectivity index (χ4n) is 2.71. The molecule has 92 valence electrons. The van der Waals surface area contributed by atoms with Gasteiger partial charge in [0.2, 0.25) is 5.91 Å². The zero-order valence-corrected chi connectivity index (χ0v) is 10.1. The van der Waals surface area contributed by atoms with E-state index in [4.69, 9.17) is 0 Å². The highest BCUT2D eigenvalue weighted by Crippen LogP contribution is 2.17. The van der Waals surface area contributed by atoms with Crippen molar-refractivity contribution in [3.05, 3.63) is 0 Å². The van der Waals surface area contributed by atoms with E-state index in [2.05, 4.69) is 11.8 Å². The molecule has 2 aliphatic rings. The second kappa shape index (κ2) is 5.15. The maximum absolute atomic E-state index is 12.1. The molecule has 4 heteroatoms. The lowest BCUT2D eigenvalue weighted by Gasteiger charge is -2.34. The molecule has 4 nitrogen and oxygen atoms in total. The molecule has 2 aliphatic heterocycles. The standard InChI is InChI=1S/C12H22N2O2/c1-10-4-2-3-6-14(10)12(16)9-13-7-5-11(15)8-13/h10-11,15H,2-9H2,1H3/t10?,11-/m0/s1. The Morgan fingerprint density at radius 3 is 2.75 bits per heavy atom. The highest BCUT2D eigenvalue weighted by Gasteiger charge is 2.27. The quantitative estimate of drug-likeness (QED) is 0.743. The number of hydrogen-bond donors (Lipinski definition) is 1. The highest BCUT2D eigenvalue weighted by atomic mass is 16.3. The fraction of sp³-hybridized carbons (Fsp3) is 0.917. The zero-order valence-electron chi connectivity index (χ0n) is 10.1. The summed E-state index contributed by atoms with van der Waals surface area (Å²) < 4.78 is 0. The molecule has 0 saturated carbocycles. The minimum Gasteiger partial charge on any atom is -0.392 e. The van der Waals surface area contributed by atoms with Crippen molar-refractivity contribution in [3.8, 4) is 0 Å². The van der Waals surface area contributed by atoms with Crippen LogP contribution in [0.1, 0.15) is 32.6 Å². The van der Waals surface area contributed by atoms with Gasteiger partial charge in [0.25, 0.3) is 0 Å². The normalized spacial score (nSPS) is 32.0. The second-order valence-corrected chi connectivity index (χ2v) is 5.11. The number of piperidine rings is 1. The summed E-state index contributed by atoms with van der Waals surface area (Å²) in [5.74, 6) is 0.237. The average molecular weight is 226 g/mol. The molecule has 1 N–H and O–H groups in total. The fourth-order valence-corrected chi connectivity index (χ4v) is 2.71. The van der Waals surface area contributed by atoms with Crippen molar-refractivity contribution in [1.29, 1.82) is 0 Å². The number of β-amino-alcohol motifs (C(OH)–C–C–N with tert-alkyl or cyclic N) is 1. The van der Waals surface area contributed by atoms with E-state index in [1.165, 1.54) is 6.42 Å². The van der Waals surface area contributed by atoms with Crippen LogP contribution in [-0.4, -0.2) is 59.1 Å². The van der Waals surface area contributed by atoms with E-state index in [9.17, 15) is 9.90 Å². The first-order valence-electron chi connectivity index (χ1n) is 6.36. The van der Waals surface area contributed by atoms with Crippen molar-refractivity contribution in [2.45, 2.75) is 44.8 Å². The molecule has 0 radical (unpaired) electrons. The van der Waals surface area contributed by atoms with Crippen molar-refractivity contribution in [1.82, 2.24) is 9.80 Å². The lowest BCUT2D eigenvalue weighted by atomic mass is 10.0. The van der Waals surface area contributed by atoms with Gasteiger partial charge in [-0.25, -0.2) is 0 Å². The summed E-state index contributed by atoms with van der Waals surface area (Å²) in [6.07, 6.45) is 4.09. The summed E-state index contributed by atoms with van der Waals surface area (Å²) in [4.78, 5) is 16.1. The van der Waals surface area contributed by atoms with Crippen LogP contribution in [0.25, 0.3) is 0 Å². The molecule has 2 atom stereocenters. The molecule has 0 aromatic heterocycles. The van der Waals surface area contributed by atoms with Crippen LogP contribution in [0.15, 0.2) is 0 Å². The third kappa shape index (κ3) is 2.74. The van der Waals surface area contributed by atoms with Gasteiger partial charge in [0.15, 0.2) is 0 Å². The Morgan fingerprint density at radius 2 is 2.12 bits per heavy atom. The predicted molar refractivity (Wildman–Crippen MR) is 62.1 cm³/mol. The molecular weight excluding hydrogens is 204 g/mol. The molecule has 0 spiro atoms. The molecule has 0 aliphatic carbocycles. The summed E-state index contributed by atoms with van der Waals surface area (Å²) >= 11 is 0. The number of amides is 1. The Balaban J connectivity index is 1.82. The summed E-state index contributed by atoms with van der Waals surface area (Å²) in [5.41, 5.74) is 0. The molecule has 0 aromatic carbocycles. The topological polar surface area (TPSA) is 43.8 Å². The molecule has 1 unspecified atom stereocenters. The van der Waals surface area contributed by atoms with Crippen LogP contribution in [0.4, 0.5) is 0 Å². The number of hydrogen-bond acceptors (Lipinski definition) is 3. The molecule has 2 heterocycles. The maximum Gasteiger partial charge on any atom is 0.236 e. The molecule has 2 rings (SSSR count). The van der Waals surface area contributed by atoms with Gasteiger partial charge < -0.3 is 10.0 Å². The van der Waals surface area contributed by atoms with E-state index in [-0.39, 0.29) is 12.0 Å². The van der Waals surface area contributed by atoms with E-state index in [1.54, 1.807) is 0 Å². The van der Waals surface area contributed by atoms with Gasteiger partial charge in [-0.2, -0.15) is 0 Å². The molecule has 2 fully saturated rings. The van der Waals surface area contributed by atoms with Gasteiger partial charge in [-0.1, -0.05) is 0 Å². The number of carbonyl (C=O) groups excluding carboxylic acids is 1. The minimum absolute atomic E-state index is 0.230. The lowest BCUT2D eigenvalue weighted by Crippen LogP contribution is -2.46. The van der Waals surface area contributed by atoms with Gasteiger partial charge in [-0.3, -0.25) is 9.69 Å².